The lowest BCUT2D eigenvalue weighted by molar-refractivity contribution is -0.384. The Labute approximate surface area is 572 Å². The summed E-state index contributed by atoms with van der Waals surface area (Å²) < 4.78 is 115. The van der Waals surface area contributed by atoms with Crippen LogP contribution in [-0.2, 0) is 51.7 Å². The van der Waals surface area contributed by atoms with Gasteiger partial charge in [-0.1, -0.05) is 89.8 Å². The molecule has 7 heterocycles. The van der Waals surface area contributed by atoms with Gasteiger partial charge in [-0.15, -0.1) is 12.4 Å². The Balaban J connectivity index is 0.000000238. The highest BCUT2D eigenvalue weighted by Gasteiger charge is 2.64. The molecule has 3 saturated heterocycles. The van der Waals surface area contributed by atoms with Crippen molar-refractivity contribution in [1.82, 2.24) is 39.4 Å². The number of aliphatic hydroxyl groups is 3. The Morgan fingerprint density at radius 2 is 1.12 bits per heavy atom. The molecule has 533 valence electrons. The second kappa shape index (κ2) is 34.5. The standard InChI is InChI=1S/C26H35FN5O8P.C21H27N2O7P.C15H19FN4O4.B.ClH/c1-4-17(5-2)13-37-25(35)16(3)31-41(36,39-18-9-7-6-8-10-18)40-26(14-27)23(34)21(33)22(38-26)19-11-12-20-24(28)29-15-30-32(19)20;1-4-17(5-2)15-28-21(24)16(3)22-31(27,29-19-9-7-6-8-10-19)30-20-13-11-18(12-14-20)23(25)26;1-14(2)22-11-10(23-15(5-16,6-21)12(11)24-14)8-3-4-9-13(17)18-7-19-20(8)9;;/h6-12,15-17,21-23,33-34H,4-5,13-14H2,1-3H3,(H,31,36)(H2,28,29,30);6-14,16-17H,4-5,15H2,1-3H3,(H,22,27);3-4,7,10-12,21H,5-6H2,1-2H3,(H2,17,18,19);;1H/t16-,21-,22-,23-,26+,41+;16-,31-;10-,11-,12-,15+;;/m000../s1. The van der Waals surface area contributed by atoms with Gasteiger partial charge in [0.2, 0.25) is 5.79 Å². The van der Waals surface area contributed by atoms with Gasteiger partial charge in [-0.05, 0) is 100 Å². The minimum absolute atomic E-state index is 0. The van der Waals surface area contributed by atoms with Crippen LogP contribution in [0.25, 0.3) is 11.0 Å². The minimum atomic E-state index is -4.71. The number of rotatable bonds is 28. The highest BCUT2D eigenvalue weighted by atomic mass is 35.5. The molecule has 98 heavy (non-hydrogen) atoms. The molecular formula is C62H82BClF2N11O19P2. The van der Waals surface area contributed by atoms with Gasteiger partial charge in [0.1, 0.15) is 109 Å². The molecule has 0 bridgehead atoms. The number of nitrogens with two attached hydrogens (primary N) is 2. The van der Waals surface area contributed by atoms with Crippen molar-refractivity contribution in [2.75, 3.05) is 44.6 Å². The van der Waals surface area contributed by atoms with Crippen LogP contribution >= 0.6 is 27.9 Å². The fourth-order valence-corrected chi connectivity index (χ4v) is 13.8. The Kier molecular flexibility index (Phi) is 28.0. The molecule has 30 nitrogen and oxygen atoms in total. The number of hydrogen-bond acceptors (Lipinski definition) is 25. The summed E-state index contributed by atoms with van der Waals surface area (Å²) >= 11 is 0. The van der Waals surface area contributed by atoms with E-state index in [0.717, 1.165) is 25.7 Å². The van der Waals surface area contributed by atoms with Gasteiger partial charge in [0.05, 0.1) is 36.1 Å². The van der Waals surface area contributed by atoms with E-state index in [1.54, 1.807) is 85.1 Å². The predicted octanol–water partition coefficient (Wildman–Crippen LogP) is 8.69. The van der Waals surface area contributed by atoms with Crippen LogP contribution in [0.4, 0.5) is 26.1 Å². The molecular weight excluding hydrogens is 1350 g/mol. The third-order valence-corrected chi connectivity index (χ3v) is 19.4. The Hall–Kier alpha value is -7.49. The van der Waals surface area contributed by atoms with E-state index < -0.39 is 118 Å². The molecule has 3 radical (unpaired) electrons. The van der Waals surface area contributed by atoms with Gasteiger partial charge in [-0.25, -0.2) is 41.4 Å². The number of carbonyl (C=O) groups is 2. The van der Waals surface area contributed by atoms with Crippen LogP contribution in [0.5, 0.6) is 17.2 Å². The van der Waals surface area contributed by atoms with Crippen molar-refractivity contribution in [1.29, 1.82) is 0 Å². The van der Waals surface area contributed by atoms with E-state index in [0.29, 0.717) is 22.5 Å². The first-order valence-electron chi connectivity index (χ1n) is 30.9. The molecule has 3 aromatic carbocycles. The molecule has 0 amide bonds. The van der Waals surface area contributed by atoms with Gasteiger partial charge in [-0.2, -0.15) is 20.4 Å². The second-order valence-corrected chi connectivity index (χ2v) is 26.5. The fraction of sp³-hybridized carbons (Fsp3) is 0.484. The smallest absolute Gasteiger partial charge is 0.464 e. The van der Waals surface area contributed by atoms with Crippen LogP contribution in [-0.4, -0.2) is 157 Å². The third kappa shape index (κ3) is 18.7. The summed E-state index contributed by atoms with van der Waals surface area (Å²) in [6.45, 7) is 11.8. The Morgan fingerprint density at radius 3 is 1.56 bits per heavy atom. The number of para-hydroxylation sites is 2. The molecule has 3 fully saturated rings. The lowest BCUT2D eigenvalue weighted by Gasteiger charge is -2.33. The number of nitro benzene ring substituents is 1. The maximum Gasteiger partial charge on any atom is 0.513 e. The maximum atomic E-state index is 14.8. The van der Waals surface area contributed by atoms with E-state index in [1.165, 1.54) is 73.5 Å². The van der Waals surface area contributed by atoms with Gasteiger partial charge < -0.3 is 68.8 Å². The Morgan fingerprint density at radius 1 is 0.673 bits per heavy atom. The molecule has 3 aliphatic heterocycles. The largest absolute Gasteiger partial charge is 0.513 e. The maximum absolute atomic E-state index is 14.8. The van der Waals surface area contributed by atoms with Gasteiger partial charge in [0, 0.05) is 20.5 Å². The topological polar surface area (TPSA) is 401 Å². The number of alkyl halides is 2. The molecule has 9 N–H and O–H groups in total. The number of anilines is 2. The number of esters is 2. The number of non-ortho nitro benzene ring substituents is 1. The van der Waals surface area contributed by atoms with Crippen LogP contribution in [0, 0.1) is 22.0 Å². The predicted molar refractivity (Wildman–Crippen MR) is 355 cm³/mol. The van der Waals surface area contributed by atoms with Gasteiger partial charge in [0.15, 0.2) is 17.4 Å². The van der Waals surface area contributed by atoms with Gasteiger partial charge in [-0.3, -0.25) is 19.7 Å². The lowest BCUT2D eigenvalue weighted by Crippen LogP contribution is -2.49. The normalized spacial score (nSPS) is 23.3. The summed E-state index contributed by atoms with van der Waals surface area (Å²) in [6, 6.07) is 25.6. The number of aliphatic hydroxyl groups excluding tert-OH is 3. The van der Waals surface area contributed by atoms with Crippen molar-refractivity contribution in [3.05, 3.63) is 143 Å². The molecule has 0 saturated carbocycles. The molecule has 4 aromatic heterocycles. The zero-order valence-corrected chi connectivity index (χ0v) is 57.6. The molecule has 12 atom stereocenters. The first-order chi connectivity index (χ1) is 45.7. The molecule has 0 spiro atoms. The summed E-state index contributed by atoms with van der Waals surface area (Å²) in [6.07, 6.45) is -1.23. The molecule has 10 rings (SSSR count). The third-order valence-electron chi connectivity index (χ3n) is 16.1. The number of nitro groups is 1. The summed E-state index contributed by atoms with van der Waals surface area (Å²) in [5, 5.41) is 55.8. The number of nitrogen functional groups attached to an aromatic ring is 2. The SMILES string of the molecule is CC1(C)O[C@H]2[C@H](c3ccc4c(N)ncnn34)O[C@@](CO)(CF)[C@H]2O1.CCC(CC)COC(=O)[C@H](C)N[P@@](=O)(Oc1ccccc1)O[C@@]1(CF)O[C@@H](c2ccc3c(N)ncnn23)[C@H](O)[C@@H]1O.CCC(CC)COC(=O)[C@H](C)N[P@](=O)(Oc1ccccc1)Oc1ccc([N+](=O)[O-])cc1.Cl.[B]. The van der Waals surface area contributed by atoms with E-state index >= 15 is 0 Å². The van der Waals surface area contributed by atoms with Crippen LogP contribution in [0.1, 0.15) is 105 Å². The fourth-order valence-electron chi connectivity index (χ4n) is 10.5. The molecule has 3 aliphatic rings. The number of fused-ring (bicyclic) bond motifs is 3. The van der Waals surface area contributed by atoms with E-state index in [1.807, 2.05) is 27.7 Å². The monoisotopic (exact) mass is 1430 g/mol. The number of halogens is 3. The second-order valence-electron chi connectivity index (χ2n) is 23.3. The average Bonchev–Trinajstić information content (AvgIpc) is 1.59. The Bertz CT molecular complexity index is 3830. The van der Waals surface area contributed by atoms with Crippen molar-refractivity contribution >= 4 is 76.6 Å². The number of aromatic nitrogens is 6. The number of nitrogens with one attached hydrogen (secondary N) is 2. The zero-order chi connectivity index (χ0) is 69.8. The average molecular weight is 1430 g/mol. The number of carbonyl (C=O) groups excluding carboxylic acids is 2. The van der Waals surface area contributed by atoms with E-state index in [-0.39, 0.29) is 80.3 Å². The van der Waals surface area contributed by atoms with Crippen LogP contribution in [0.15, 0.2) is 122 Å². The molecule has 0 unspecified atom stereocenters. The van der Waals surface area contributed by atoms with Crippen molar-refractivity contribution in [2.45, 2.75) is 147 Å². The number of ether oxygens (including phenoxy) is 6. The quantitative estimate of drug-likeness (QED) is 0.00792. The molecule has 7 aromatic rings. The highest BCUT2D eigenvalue weighted by Crippen LogP contribution is 2.55. The van der Waals surface area contributed by atoms with Crippen molar-refractivity contribution in [3.8, 4) is 17.2 Å². The van der Waals surface area contributed by atoms with Gasteiger partial charge >= 0.3 is 27.4 Å². The summed E-state index contributed by atoms with van der Waals surface area (Å²) in [7, 11) is -8.80. The van der Waals surface area contributed by atoms with Crippen LogP contribution < -0.4 is 35.2 Å². The van der Waals surface area contributed by atoms with E-state index in [4.69, 9.17) is 58.0 Å². The summed E-state index contributed by atoms with van der Waals surface area (Å²) in [5.41, 5.74) is 12.0. The van der Waals surface area contributed by atoms with Crippen LogP contribution in [0.2, 0.25) is 0 Å². The highest BCUT2D eigenvalue weighted by molar-refractivity contribution is 7.52. The van der Waals surface area contributed by atoms with E-state index in [9.17, 15) is 52.9 Å². The van der Waals surface area contributed by atoms with Crippen LogP contribution in [0.3, 0.4) is 0 Å². The number of nitrogens with zero attached hydrogens (tertiary/aromatic N) is 7. The van der Waals surface area contributed by atoms with E-state index in [2.05, 4.69) is 30.3 Å². The number of hydrogen-bond donors (Lipinski definition) is 7. The summed E-state index contributed by atoms with van der Waals surface area (Å²) in [4.78, 5) is 43.2. The van der Waals surface area contributed by atoms with Gasteiger partial charge in [0.25, 0.3) is 5.69 Å². The lowest BCUT2D eigenvalue weighted by atomic mass is 9.96. The molecule has 36 heteroatoms. The first kappa shape index (κ1) is 79.5. The minimum Gasteiger partial charge on any atom is -0.464 e. The van der Waals surface area contributed by atoms with Crippen molar-refractivity contribution < 1.29 is 94.3 Å². The zero-order valence-electron chi connectivity index (χ0n) is 55.0. The summed E-state index contributed by atoms with van der Waals surface area (Å²) in [5.74, 6) is -3.62. The number of benzene rings is 3. The first-order valence-corrected chi connectivity index (χ1v) is 34.0. The molecule has 0 aliphatic carbocycles. The van der Waals surface area contributed by atoms with Crippen molar-refractivity contribution in [3.63, 3.8) is 0 Å². The van der Waals surface area contributed by atoms with Crippen molar-refractivity contribution in [2.24, 2.45) is 11.8 Å².